The summed E-state index contributed by atoms with van der Waals surface area (Å²) in [6, 6.07) is 7.37. The first-order valence-electron chi connectivity index (χ1n) is 12.7. The van der Waals surface area contributed by atoms with E-state index < -0.39 is 34.6 Å². The van der Waals surface area contributed by atoms with Gasteiger partial charge in [-0.05, 0) is 61.2 Å². The van der Waals surface area contributed by atoms with E-state index in [4.69, 9.17) is 16.3 Å². The van der Waals surface area contributed by atoms with E-state index in [1.54, 1.807) is 12.1 Å². The highest BCUT2D eigenvalue weighted by atomic mass is 35.5. The Labute approximate surface area is 242 Å². The maximum Gasteiger partial charge on any atom is 0.422 e. The van der Waals surface area contributed by atoms with Crippen molar-refractivity contribution in [3.05, 3.63) is 52.8 Å². The van der Waals surface area contributed by atoms with Crippen LogP contribution in [-0.2, 0) is 21.2 Å². The van der Waals surface area contributed by atoms with Crippen LogP contribution in [0.4, 0.5) is 40.8 Å². The Bertz CT molecular complexity index is 1600. The fraction of sp³-hybridized carbons (Fsp3) is 0.360. The fourth-order valence-electron chi connectivity index (χ4n) is 4.48. The minimum atomic E-state index is -4.64. The number of sulfonamides is 1. The molecule has 17 heteroatoms. The normalized spacial score (nSPS) is 16.5. The summed E-state index contributed by atoms with van der Waals surface area (Å²) in [7, 11) is -3.80. The number of carbonyl (C=O) groups excluding carboxylic acids is 1. The number of hydrogen-bond donors (Lipinski definition) is 3. The van der Waals surface area contributed by atoms with Crippen LogP contribution in [-0.4, -0.2) is 65.5 Å². The Morgan fingerprint density at radius 2 is 1.79 bits per heavy atom. The second-order valence-electron chi connectivity index (χ2n) is 9.61. The molecule has 3 heterocycles. The quantitative estimate of drug-likeness (QED) is 0.308. The molecule has 42 heavy (non-hydrogen) atoms. The number of carbonyl (C=O) groups is 1. The van der Waals surface area contributed by atoms with Gasteiger partial charge in [-0.1, -0.05) is 11.6 Å². The van der Waals surface area contributed by atoms with Gasteiger partial charge in [-0.25, -0.2) is 12.8 Å². The lowest BCUT2D eigenvalue weighted by Crippen LogP contribution is -2.42. The van der Waals surface area contributed by atoms with Gasteiger partial charge >= 0.3 is 12.2 Å². The van der Waals surface area contributed by atoms with Crippen molar-refractivity contribution in [3.8, 4) is 6.01 Å². The number of alkyl halides is 3. The molecule has 0 bridgehead atoms. The van der Waals surface area contributed by atoms with Gasteiger partial charge in [0.2, 0.25) is 27.8 Å². The molecule has 224 valence electrons. The highest BCUT2D eigenvalue weighted by molar-refractivity contribution is 7.89. The highest BCUT2D eigenvalue weighted by Crippen LogP contribution is 2.29. The summed E-state index contributed by atoms with van der Waals surface area (Å²) in [5.41, 5.74) is 1.61. The number of ether oxygens (including phenoxy) is 1. The number of hydrogen-bond acceptors (Lipinski definition) is 9. The largest absolute Gasteiger partial charge is 0.454 e. The van der Waals surface area contributed by atoms with Gasteiger partial charge in [0.15, 0.2) is 6.61 Å². The summed E-state index contributed by atoms with van der Waals surface area (Å²) < 4.78 is 84.4. The fourth-order valence-corrected chi connectivity index (χ4v) is 6.18. The number of nitrogens with one attached hydrogen (secondary N) is 3. The summed E-state index contributed by atoms with van der Waals surface area (Å²) >= 11 is 5.80. The maximum absolute atomic E-state index is 13.5. The molecule has 0 spiro atoms. The van der Waals surface area contributed by atoms with Gasteiger partial charge in [0.1, 0.15) is 5.82 Å². The number of fused-ring (bicyclic) bond motifs is 1. The molecule has 2 aliphatic heterocycles. The summed E-state index contributed by atoms with van der Waals surface area (Å²) in [4.78, 5) is 23.7. The number of amides is 1. The van der Waals surface area contributed by atoms with Crippen LogP contribution >= 0.6 is 11.6 Å². The van der Waals surface area contributed by atoms with E-state index >= 15 is 0 Å². The molecule has 1 saturated heterocycles. The molecular weight excluding hydrogens is 606 g/mol. The molecule has 1 aromatic heterocycles. The predicted octanol–water partition coefficient (Wildman–Crippen LogP) is 4.50. The third-order valence-corrected chi connectivity index (χ3v) is 8.74. The van der Waals surface area contributed by atoms with E-state index in [0.29, 0.717) is 24.9 Å². The number of benzene rings is 2. The first kappa shape index (κ1) is 29.7. The van der Waals surface area contributed by atoms with Gasteiger partial charge in [-0.3, -0.25) is 4.79 Å². The predicted molar refractivity (Wildman–Crippen MR) is 145 cm³/mol. The van der Waals surface area contributed by atoms with Crippen LogP contribution in [0.15, 0.2) is 41.3 Å². The lowest BCUT2D eigenvalue weighted by atomic mass is 10.0. The molecule has 5 rings (SSSR count). The monoisotopic (exact) mass is 629 g/mol. The highest BCUT2D eigenvalue weighted by Gasteiger charge is 2.32. The van der Waals surface area contributed by atoms with Crippen molar-refractivity contribution < 1.29 is 35.5 Å². The number of rotatable bonds is 8. The average molecular weight is 630 g/mol. The second-order valence-corrected chi connectivity index (χ2v) is 12.0. The van der Waals surface area contributed by atoms with E-state index in [-0.39, 0.29) is 59.0 Å². The van der Waals surface area contributed by atoms with Crippen LogP contribution in [0, 0.1) is 5.82 Å². The molecule has 1 fully saturated rings. The Hall–Kier alpha value is -3.76. The Morgan fingerprint density at radius 1 is 1.05 bits per heavy atom. The Morgan fingerprint density at radius 3 is 2.50 bits per heavy atom. The molecular formula is C25H24ClF4N7O4S. The molecule has 2 aliphatic rings. The molecule has 2 aromatic carbocycles. The van der Waals surface area contributed by atoms with Crippen molar-refractivity contribution in [2.45, 2.75) is 42.8 Å². The third kappa shape index (κ3) is 7.17. The number of anilines is 4. The summed E-state index contributed by atoms with van der Waals surface area (Å²) in [6.45, 7) is -1.31. The lowest BCUT2D eigenvalue weighted by Gasteiger charge is -2.32. The van der Waals surface area contributed by atoms with Crippen molar-refractivity contribution in [1.82, 2.24) is 19.3 Å². The molecule has 11 nitrogen and oxygen atoms in total. The van der Waals surface area contributed by atoms with Crippen LogP contribution < -0.4 is 20.7 Å². The first-order chi connectivity index (χ1) is 19.9. The van der Waals surface area contributed by atoms with E-state index in [2.05, 4.69) is 30.9 Å². The van der Waals surface area contributed by atoms with E-state index in [0.717, 1.165) is 11.6 Å². The van der Waals surface area contributed by atoms with Crippen molar-refractivity contribution in [1.29, 1.82) is 0 Å². The summed E-state index contributed by atoms with van der Waals surface area (Å²) in [6.07, 6.45) is -3.21. The van der Waals surface area contributed by atoms with Crippen LogP contribution in [0.5, 0.6) is 6.01 Å². The molecule has 0 unspecified atom stereocenters. The topological polar surface area (TPSA) is 138 Å². The Kier molecular flexibility index (Phi) is 8.39. The van der Waals surface area contributed by atoms with Gasteiger partial charge < -0.3 is 20.7 Å². The zero-order valence-electron chi connectivity index (χ0n) is 21.7. The van der Waals surface area contributed by atoms with Crippen LogP contribution in [0.1, 0.15) is 24.8 Å². The standard InChI is InChI=1S/C25H24ClF4N7O4S/c26-18-12-16(2-4-19(18)27)32-23-34-22(35-24(36-23)41-13-25(28,29)30)31-15-7-9-37(10-8-15)42(39,40)17-3-5-20-14(11-17)1-6-21(38)33-20/h2-5,11-12,15H,1,6-10,13H2,(H,33,38)(H2,31,32,34,35,36). The van der Waals surface area contributed by atoms with Crippen LogP contribution in [0.3, 0.4) is 0 Å². The summed E-state index contributed by atoms with van der Waals surface area (Å²) in [5, 5.41) is 8.28. The van der Waals surface area contributed by atoms with Crippen molar-refractivity contribution >= 4 is 50.8 Å². The van der Waals surface area contributed by atoms with Crippen molar-refractivity contribution in [2.75, 3.05) is 35.6 Å². The second kappa shape index (κ2) is 11.9. The van der Waals surface area contributed by atoms with Crippen molar-refractivity contribution in [2.24, 2.45) is 0 Å². The molecule has 3 N–H and O–H groups in total. The van der Waals surface area contributed by atoms with Gasteiger partial charge in [-0.2, -0.15) is 32.4 Å². The van der Waals surface area contributed by atoms with Gasteiger partial charge in [0.25, 0.3) is 0 Å². The molecule has 0 aliphatic carbocycles. The number of aromatic nitrogens is 3. The number of aryl methyl sites for hydroxylation is 1. The van der Waals surface area contributed by atoms with Gasteiger partial charge in [-0.15, -0.1) is 0 Å². The van der Waals surface area contributed by atoms with Crippen LogP contribution in [0.25, 0.3) is 0 Å². The first-order valence-corrected chi connectivity index (χ1v) is 14.5. The minimum Gasteiger partial charge on any atom is -0.454 e. The third-order valence-electron chi connectivity index (χ3n) is 6.55. The molecule has 0 atom stereocenters. The summed E-state index contributed by atoms with van der Waals surface area (Å²) in [5.74, 6) is -1.07. The SMILES string of the molecule is O=C1CCc2cc(S(=O)(=O)N3CCC(Nc4nc(Nc5ccc(F)c(Cl)c5)nc(OCC(F)(F)F)n4)CC3)ccc2N1. The number of halogens is 5. The van der Waals surface area contributed by atoms with E-state index in [1.807, 2.05) is 0 Å². The van der Waals surface area contributed by atoms with Crippen LogP contribution in [0.2, 0.25) is 5.02 Å². The molecule has 0 radical (unpaired) electrons. The smallest absolute Gasteiger partial charge is 0.422 e. The molecule has 3 aromatic rings. The molecule has 1 amide bonds. The van der Waals surface area contributed by atoms with Crippen molar-refractivity contribution in [3.63, 3.8) is 0 Å². The number of piperidine rings is 1. The molecule has 0 saturated carbocycles. The Balaban J connectivity index is 1.27. The zero-order chi connectivity index (χ0) is 30.1. The maximum atomic E-state index is 13.5. The van der Waals surface area contributed by atoms with Gasteiger partial charge in [0, 0.05) is 36.9 Å². The number of nitrogens with zero attached hydrogens (tertiary/aromatic N) is 4. The minimum absolute atomic E-state index is 0.101. The zero-order valence-corrected chi connectivity index (χ0v) is 23.3. The average Bonchev–Trinajstić information content (AvgIpc) is 2.93. The van der Waals surface area contributed by atoms with E-state index in [1.165, 1.54) is 22.5 Å². The van der Waals surface area contributed by atoms with E-state index in [9.17, 15) is 30.8 Å². The van der Waals surface area contributed by atoms with Gasteiger partial charge in [0.05, 0.1) is 9.92 Å². The lowest BCUT2D eigenvalue weighted by molar-refractivity contribution is -0.154.